The van der Waals surface area contributed by atoms with Crippen LogP contribution in [0, 0.1) is 0 Å². The van der Waals surface area contributed by atoms with Gasteiger partial charge in [0.05, 0.1) is 5.00 Å². The van der Waals surface area contributed by atoms with E-state index in [2.05, 4.69) is 17.4 Å². The molecule has 0 unspecified atom stereocenters. The van der Waals surface area contributed by atoms with Gasteiger partial charge < -0.3 is 0 Å². The average Bonchev–Trinajstić information content (AvgIpc) is 2.02. The summed E-state index contributed by atoms with van der Waals surface area (Å²) in [6.45, 7) is 4.70. The Balaban J connectivity index is 2.44. The monoisotopic (exact) mass is 183 g/mol. The summed E-state index contributed by atoms with van der Waals surface area (Å²) < 4.78 is 0. The molecule has 12 heavy (non-hydrogen) atoms. The van der Waals surface area contributed by atoms with Crippen molar-refractivity contribution in [2.75, 3.05) is 0 Å². The first-order valence-corrected chi connectivity index (χ1v) is 4.43. The minimum Gasteiger partial charge on any atom is -0.295 e. The molecule has 1 aromatic carbocycles. The van der Waals surface area contributed by atoms with Crippen molar-refractivity contribution in [1.82, 2.24) is 5.32 Å². The van der Waals surface area contributed by atoms with Crippen LogP contribution in [-0.4, -0.2) is 5.00 Å². The molecule has 0 aliphatic heterocycles. The molecule has 0 fully saturated rings. The molecule has 0 amide bonds. The van der Waals surface area contributed by atoms with Crippen LogP contribution in [0.5, 0.6) is 0 Å². The third kappa shape index (κ3) is 3.74. The molecule has 0 heterocycles. The van der Waals surface area contributed by atoms with Crippen molar-refractivity contribution in [1.29, 1.82) is 0 Å². The van der Waals surface area contributed by atoms with Gasteiger partial charge in [0.2, 0.25) is 0 Å². The lowest BCUT2D eigenvalue weighted by molar-refractivity contribution is 0.530. The summed E-state index contributed by atoms with van der Waals surface area (Å²) >= 11 is 5.97. The molecule has 1 rings (SSSR count). The topological polar surface area (TPSA) is 12.0 Å². The van der Waals surface area contributed by atoms with Crippen LogP contribution in [0.2, 0.25) is 0 Å². The summed E-state index contributed by atoms with van der Waals surface area (Å²) in [4.78, 5) is -0.324. The largest absolute Gasteiger partial charge is 0.295 e. The van der Waals surface area contributed by atoms with E-state index >= 15 is 0 Å². The fourth-order valence-corrected chi connectivity index (χ4v) is 0.975. The van der Waals surface area contributed by atoms with E-state index in [1.807, 2.05) is 32.0 Å². The highest BCUT2D eigenvalue weighted by Crippen LogP contribution is 2.09. The Hall–Kier alpha value is -0.530. The summed E-state index contributed by atoms with van der Waals surface area (Å²) in [7, 11) is 0. The van der Waals surface area contributed by atoms with Crippen molar-refractivity contribution < 1.29 is 0 Å². The summed E-state index contributed by atoms with van der Waals surface area (Å²) in [5.41, 5.74) is 1.26. The maximum absolute atomic E-state index is 5.97. The molecule has 0 aliphatic carbocycles. The molecule has 1 nitrogen and oxygen atoms in total. The summed E-state index contributed by atoms with van der Waals surface area (Å²) in [6, 6.07) is 10.2. The first kappa shape index (κ1) is 9.56. The van der Waals surface area contributed by atoms with Gasteiger partial charge in [-0.3, -0.25) is 5.32 Å². The molecule has 0 radical (unpaired) electrons. The van der Waals surface area contributed by atoms with E-state index in [1.54, 1.807) is 0 Å². The van der Waals surface area contributed by atoms with Gasteiger partial charge in [-0.05, 0) is 19.4 Å². The minimum absolute atomic E-state index is 0.324. The summed E-state index contributed by atoms with van der Waals surface area (Å²) in [6.07, 6.45) is 0. The van der Waals surface area contributed by atoms with Crippen molar-refractivity contribution >= 4 is 11.6 Å². The van der Waals surface area contributed by atoms with Crippen LogP contribution in [-0.2, 0) is 6.54 Å². The SMILES string of the molecule is CC(C)(Cl)NCc1ccccc1. The predicted octanol–water partition coefficient (Wildman–Crippen LogP) is 2.75. The Bertz CT molecular complexity index is 225. The molecular weight excluding hydrogens is 170 g/mol. The van der Waals surface area contributed by atoms with E-state index in [4.69, 9.17) is 11.6 Å². The van der Waals surface area contributed by atoms with Gasteiger partial charge in [-0.25, -0.2) is 0 Å². The number of nitrogens with one attached hydrogen (secondary N) is 1. The van der Waals surface area contributed by atoms with E-state index in [9.17, 15) is 0 Å². The number of halogens is 1. The average molecular weight is 184 g/mol. The highest BCUT2D eigenvalue weighted by molar-refractivity contribution is 6.23. The van der Waals surface area contributed by atoms with Gasteiger partial charge in [0.15, 0.2) is 0 Å². The van der Waals surface area contributed by atoms with Crippen molar-refractivity contribution in [3.8, 4) is 0 Å². The van der Waals surface area contributed by atoms with Crippen molar-refractivity contribution in [2.45, 2.75) is 25.4 Å². The first-order valence-electron chi connectivity index (χ1n) is 4.06. The highest BCUT2D eigenvalue weighted by atomic mass is 35.5. The Morgan fingerprint density at radius 2 is 1.83 bits per heavy atom. The molecule has 1 aromatic rings. The second-order valence-corrected chi connectivity index (χ2v) is 4.26. The van der Waals surface area contributed by atoms with E-state index < -0.39 is 0 Å². The Morgan fingerprint density at radius 1 is 1.25 bits per heavy atom. The van der Waals surface area contributed by atoms with E-state index in [0.29, 0.717) is 0 Å². The first-order chi connectivity index (χ1) is 5.58. The van der Waals surface area contributed by atoms with Gasteiger partial charge in [-0.15, -0.1) is 11.6 Å². The Morgan fingerprint density at radius 3 is 2.33 bits per heavy atom. The van der Waals surface area contributed by atoms with Gasteiger partial charge in [0, 0.05) is 6.54 Å². The lowest BCUT2D eigenvalue weighted by Crippen LogP contribution is -2.32. The minimum atomic E-state index is -0.324. The van der Waals surface area contributed by atoms with Crippen LogP contribution in [0.1, 0.15) is 19.4 Å². The molecular formula is C10H14ClN. The lowest BCUT2D eigenvalue weighted by atomic mass is 10.2. The molecule has 0 atom stereocenters. The molecule has 66 valence electrons. The van der Waals surface area contributed by atoms with Crippen LogP contribution in [0.3, 0.4) is 0 Å². The van der Waals surface area contributed by atoms with Gasteiger partial charge in [-0.1, -0.05) is 30.3 Å². The fraction of sp³-hybridized carbons (Fsp3) is 0.400. The Labute approximate surface area is 78.7 Å². The van der Waals surface area contributed by atoms with Gasteiger partial charge >= 0.3 is 0 Å². The summed E-state index contributed by atoms with van der Waals surface area (Å²) in [5.74, 6) is 0. The fourth-order valence-electron chi connectivity index (χ4n) is 0.908. The van der Waals surface area contributed by atoms with E-state index in [-0.39, 0.29) is 5.00 Å². The lowest BCUT2D eigenvalue weighted by Gasteiger charge is -2.17. The zero-order chi connectivity index (χ0) is 9.03. The van der Waals surface area contributed by atoms with Crippen molar-refractivity contribution in [3.05, 3.63) is 35.9 Å². The van der Waals surface area contributed by atoms with Gasteiger partial charge in [0.1, 0.15) is 0 Å². The van der Waals surface area contributed by atoms with Crippen LogP contribution < -0.4 is 5.32 Å². The highest BCUT2D eigenvalue weighted by Gasteiger charge is 2.10. The maximum Gasteiger partial charge on any atom is 0.0881 e. The predicted molar refractivity (Wildman–Crippen MR) is 53.2 cm³/mol. The third-order valence-corrected chi connectivity index (χ3v) is 1.69. The van der Waals surface area contributed by atoms with Crippen LogP contribution in [0.4, 0.5) is 0 Å². The normalized spacial score (nSPS) is 11.6. The van der Waals surface area contributed by atoms with Crippen molar-refractivity contribution in [3.63, 3.8) is 0 Å². The zero-order valence-electron chi connectivity index (χ0n) is 7.47. The quantitative estimate of drug-likeness (QED) is 0.562. The number of hydrogen-bond acceptors (Lipinski definition) is 1. The molecule has 1 N–H and O–H groups in total. The zero-order valence-corrected chi connectivity index (χ0v) is 8.23. The molecule has 2 heteroatoms. The standard InChI is InChI=1S/C10H14ClN/c1-10(2,11)12-8-9-6-4-3-5-7-9/h3-7,12H,8H2,1-2H3. The van der Waals surface area contributed by atoms with Gasteiger partial charge in [-0.2, -0.15) is 0 Å². The van der Waals surface area contributed by atoms with Crippen molar-refractivity contribution in [2.24, 2.45) is 0 Å². The van der Waals surface area contributed by atoms with Crippen LogP contribution >= 0.6 is 11.6 Å². The molecule has 0 aliphatic rings. The molecule has 0 saturated heterocycles. The van der Waals surface area contributed by atoms with E-state index in [0.717, 1.165) is 6.54 Å². The molecule has 0 saturated carbocycles. The number of benzene rings is 1. The smallest absolute Gasteiger partial charge is 0.0881 e. The third-order valence-electron chi connectivity index (χ3n) is 1.56. The number of alkyl halides is 1. The summed E-state index contributed by atoms with van der Waals surface area (Å²) in [5, 5.41) is 3.20. The van der Waals surface area contributed by atoms with Gasteiger partial charge in [0.25, 0.3) is 0 Å². The second kappa shape index (κ2) is 3.92. The van der Waals surface area contributed by atoms with Crippen LogP contribution in [0.15, 0.2) is 30.3 Å². The second-order valence-electron chi connectivity index (χ2n) is 3.31. The van der Waals surface area contributed by atoms with Crippen LogP contribution in [0.25, 0.3) is 0 Å². The molecule has 0 bridgehead atoms. The molecule has 0 spiro atoms. The maximum atomic E-state index is 5.97. The molecule has 0 aromatic heterocycles. The van der Waals surface area contributed by atoms with E-state index in [1.165, 1.54) is 5.56 Å². The number of hydrogen-bond donors (Lipinski definition) is 1. The Kier molecular flexibility index (Phi) is 3.12. The number of rotatable bonds is 3.